The Hall–Kier alpha value is -2.74. The van der Waals surface area contributed by atoms with Gasteiger partial charge >= 0.3 is 5.69 Å². The standard InChI is InChI=1S/C15H13N3O4S/c19-14(13-12-11(7-23-13)21-3-4-22-12)16-6-8-1-2-9-10(5-8)18-15(20)17-9/h1-2,5,7H,3-4,6H2,(H,16,19)(H2,17,18,20). The fourth-order valence-electron chi connectivity index (χ4n) is 2.47. The molecule has 2 aromatic heterocycles. The van der Waals surface area contributed by atoms with E-state index in [0.717, 1.165) is 11.1 Å². The lowest BCUT2D eigenvalue weighted by atomic mass is 10.2. The third-order valence-electron chi connectivity index (χ3n) is 3.54. The van der Waals surface area contributed by atoms with Gasteiger partial charge in [0, 0.05) is 11.9 Å². The van der Waals surface area contributed by atoms with Gasteiger partial charge in [-0.25, -0.2) is 4.79 Å². The smallest absolute Gasteiger partial charge is 0.323 e. The van der Waals surface area contributed by atoms with Crippen molar-refractivity contribution < 1.29 is 14.3 Å². The van der Waals surface area contributed by atoms with Crippen LogP contribution in [0.25, 0.3) is 11.0 Å². The van der Waals surface area contributed by atoms with Crippen molar-refractivity contribution in [1.29, 1.82) is 0 Å². The predicted octanol–water partition coefficient (Wildman–Crippen LogP) is 1.62. The number of benzene rings is 1. The second-order valence-corrected chi connectivity index (χ2v) is 5.98. The Morgan fingerprint density at radius 1 is 1.22 bits per heavy atom. The Labute approximate surface area is 134 Å². The maximum atomic E-state index is 12.3. The lowest BCUT2D eigenvalue weighted by molar-refractivity contribution is 0.0946. The summed E-state index contributed by atoms with van der Waals surface area (Å²) < 4.78 is 10.9. The first-order valence-electron chi connectivity index (χ1n) is 7.07. The summed E-state index contributed by atoms with van der Waals surface area (Å²) in [5, 5.41) is 4.63. The van der Waals surface area contributed by atoms with Crippen molar-refractivity contribution in [3.63, 3.8) is 0 Å². The third kappa shape index (κ3) is 2.57. The number of hydrogen-bond donors (Lipinski definition) is 3. The highest BCUT2D eigenvalue weighted by Gasteiger charge is 2.23. The maximum absolute atomic E-state index is 12.3. The molecule has 0 unspecified atom stereocenters. The fourth-order valence-corrected chi connectivity index (χ4v) is 3.32. The molecule has 118 valence electrons. The zero-order valence-corrected chi connectivity index (χ0v) is 12.8. The van der Waals surface area contributed by atoms with E-state index in [0.29, 0.717) is 41.7 Å². The van der Waals surface area contributed by atoms with Crippen molar-refractivity contribution in [3.05, 3.63) is 44.5 Å². The van der Waals surface area contributed by atoms with Crippen LogP contribution < -0.4 is 20.5 Å². The van der Waals surface area contributed by atoms with Crippen LogP contribution in [0.3, 0.4) is 0 Å². The van der Waals surface area contributed by atoms with Gasteiger partial charge in [-0.1, -0.05) is 6.07 Å². The van der Waals surface area contributed by atoms with E-state index in [2.05, 4.69) is 15.3 Å². The third-order valence-corrected chi connectivity index (χ3v) is 4.48. The van der Waals surface area contributed by atoms with Gasteiger partial charge in [-0.3, -0.25) is 4.79 Å². The van der Waals surface area contributed by atoms with Gasteiger partial charge in [0.2, 0.25) is 0 Å². The highest BCUT2D eigenvalue weighted by molar-refractivity contribution is 7.12. The number of carbonyl (C=O) groups excluding carboxylic acids is 1. The number of carbonyl (C=O) groups is 1. The van der Waals surface area contributed by atoms with Crippen LogP contribution in [-0.2, 0) is 6.54 Å². The quantitative estimate of drug-likeness (QED) is 0.679. The monoisotopic (exact) mass is 331 g/mol. The summed E-state index contributed by atoms with van der Waals surface area (Å²) >= 11 is 1.30. The number of rotatable bonds is 3. The molecule has 0 radical (unpaired) electrons. The van der Waals surface area contributed by atoms with Crippen molar-refractivity contribution in [1.82, 2.24) is 15.3 Å². The van der Waals surface area contributed by atoms with Gasteiger partial charge in [0.05, 0.1) is 11.0 Å². The molecule has 3 aromatic rings. The molecule has 0 spiro atoms. The molecule has 3 heterocycles. The van der Waals surface area contributed by atoms with Gasteiger partial charge in [0.15, 0.2) is 11.5 Å². The van der Waals surface area contributed by atoms with E-state index in [1.807, 2.05) is 12.1 Å². The molecule has 0 saturated carbocycles. The zero-order chi connectivity index (χ0) is 15.8. The van der Waals surface area contributed by atoms with E-state index in [1.165, 1.54) is 11.3 Å². The van der Waals surface area contributed by atoms with Gasteiger partial charge in [-0.2, -0.15) is 0 Å². The lowest BCUT2D eigenvalue weighted by Gasteiger charge is -2.15. The largest absolute Gasteiger partial charge is 0.485 e. The maximum Gasteiger partial charge on any atom is 0.323 e. The summed E-state index contributed by atoms with van der Waals surface area (Å²) in [5.74, 6) is 0.936. The molecule has 1 amide bonds. The molecule has 1 aliphatic heterocycles. The summed E-state index contributed by atoms with van der Waals surface area (Å²) in [6.45, 7) is 1.30. The number of thiophene rings is 1. The molecule has 3 N–H and O–H groups in total. The molecular weight excluding hydrogens is 318 g/mol. The van der Waals surface area contributed by atoms with Gasteiger partial charge in [-0.05, 0) is 17.7 Å². The minimum absolute atomic E-state index is 0.204. The van der Waals surface area contributed by atoms with Crippen molar-refractivity contribution in [3.8, 4) is 11.5 Å². The highest BCUT2D eigenvalue weighted by Crippen LogP contribution is 2.39. The van der Waals surface area contributed by atoms with Crippen molar-refractivity contribution in [2.75, 3.05) is 13.2 Å². The minimum atomic E-state index is -0.247. The van der Waals surface area contributed by atoms with Crippen molar-refractivity contribution in [2.45, 2.75) is 6.54 Å². The van der Waals surface area contributed by atoms with Gasteiger partial charge < -0.3 is 24.8 Å². The molecule has 0 fully saturated rings. The first-order valence-corrected chi connectivity index (χ1v) is 7.95. The van der Waals surface area contributed by atoms with E-state index >= 15 is 0 Å². The van der Waals surface area contributed by atoms with Crippen molar-refractivity contribution in [2.24, 2.45) is 0 Å². The number of ether oxygens (including phenoxy) is 2. The number of imidazole rings is 1. The second kappa shape index (κ2) is 5.47. The van der Waals surface area contributed by atoms with Crippen LogP contribution in [0.1, 0.15) is 15.2 Å². The predicted molar refractivity (Wildman–Crippen MR) is 85.4 cm³/mol. The number of aromatic amines is 2. The Morgan fingerprint density at radius 2 is 2.04 bits per heavy atom. The number of fused-ring (bicyclic) bond motifs is 2. The van der Waals surface area contributed by atoms with Crippen LogP contribution in [0.5, 0.6) is 11.5 Å². The Kier molecular flexibility index (Phi) is 3.30. The molecule has 1 aliphatic rings. The Morgan fingerprint density at radius 3 is 2.96 bits per heavy atom. The van der Waals surface area contributed by atoms with Crippen LogP contribution in [-0.4, -0.2) is 29.1 Å². The summed E-state index contributed by atoms with van der Waals surface area (Å²) in [6.07, 6.45) is 0. The number of H-pyrrole nitrogens is 2. The van der Waals surface area contributed by atoms with E-state index in [-0.39, 0.29) is 11.6 Å². The molecule has 0 aliphatic carbocycles. The molecular formula is C15H13N3O4S. The number of amides is 1. The van der Waals surface area contributed by atoms with Crippen LogP contribution >= 0.6 is 11.3 Å². The Balaban J connectivity index is 1.50. The van der Waals surface area contributed by atoms with Crippen LogP contribution in [0.4, 0.5) is 0 Å². The van der Waals surface area contributed by atoms with Gasteiger partial charge in [0.25, 0.3) is 5.91 Å². The first kappa shape index (κ1) is 13.9. The average Bonchev–Trinajstić information content (AvgIpc) is 3.14. The molecule has 8 heteroatoms. The van der Waals surface area contributed by atoms with E-state index < -0.39 is 0 Å². The zero-order valence-electron chi connectivity index (χ0n) is 12.0. The molecule has 7 nitrogen and oxygen atoms in total. The van der Waals surface area contributed by atoms with Crippen LogP contribution in [0, 0.1) is 0 Å². The molecule has 0 atom stereocenters. The lowest BCUT2D eigenvalue weighted by Crippen LogP contribution is -2.23. The number of nitrogens with one attached hydrogen (secondary N) is 3. The van der Waals surface area contributed by atoms with Gasteiger partial charge in [-0.15, -0.1) is 11.3 Å². The topological polar surface area (TPSA) is 96.2 Å². The highest BCUT2D eigenvalue weighted by atomic mass is 32.1. The second-order valence-electron chi connectivity index (χ2n) is 5.10. The number of aromatic nitrogens is 2. The molecule has 0 saturated heterocycles. The van der Waals surface area contributed by atoms with Crippen LogP contribution in [0.2, 0.25) is 0 Å². The molecule has 23 heavy (non-hydrogen) atoms. The summed E-state index contributed by atoms with van der Waals surface area (Å²) in [4.78, 5) is 29.5. The van der Waals surface area contributed by atoms with E-state index in [1.54, 1.807) is 11.4 Å². The number of hydrogen-bond acceptors (Lipinski definition) is 5. The first-order chi connectivity index (χ1) is 11.2. The van der Waals surface area contributed by atoms with E-state index in [9.17, 15) is 9.59 Å². The fraction of sp³-hybridized carbons (Fsp3) is 0.200. The minimum Gasteiger partial charge on any atom is -0.485 e. The molecule has 1 aromatic carbocycles. The molecule has 0 bridgehead atoms. The summed E-state index contributed by atoms with van der Waals surface area (Å²) in [6, 6.07) is 5.49. The Bertz CT molecular complexity index is 940. The van der Waals surface area contributed by atoms with E-state index in [4.69, 9.17) is 9.47 Å². The summed E-state index contributed by atoms with van der Waals surface area (Å²) in [5.41, 5.74) is 2.10. The molecule has 4 rings (SSSR count). The normalized spacial score (nSPS) is 13.2. The van der Waals surface area contributed by atoms with Crippen molar-refractivity contribution >= 4 is 28.3 Å². The van der Waals surface area contributed by atoms with Gasteiger partial charge in [0.1, 0.15) is 18.1 Å². The average molecular weight is 331 g/mol. The summed E-state index contributed by atoms with van der Waals surface area (Å²) in [7, 11) is 0. The SMILES string of the molecule is O=C(NCc1ccc2[nH]c(=O)[nH]c2c1)c1scc2c1OCCO2. The van der Waals surface area contributed by atoms with Crippen LogP contribution in [0.15, 0.2) is 28.4 Å².